The van der Waals surface area contributed by atoms with Crippen LogP contribution in [0.2, 0.25) is 5.02 Å². The number of anilines is 2. The number of nitrogens with zero attached hydrogens (tertiary/aromatic N) is 2. The summed E-state index contributed by atoms with van der Waals surface area (Å²) in [4.78, 5) is 12.8. The Morgan fingerprint density at radius 2 is 1.71 bits per heavy atom. The van der Waals surface area contributed by atoms with E-state index in [1.54, 1.807) is 12.1 Å². The van der Waals surface area contributed by atoms with Crippen LogP contribution in [0, 0.1) is 0 Å². The smallest absolute Gasteiger partial charge is 0.341 e. The van der Waals surface area contributed by atoms with Gasteiger partial charge in [-0.15, -0.1) is 0 Å². The van der Waals surface area contributed by atoms with Crippen molar-refractivity contribution < 1.29 is 26.4 Å². The first-order valence-electron chi connectivity index (χ1n) is 10.6. The van der Waals surface area contributed by atoms with Gasteiger partial charge in [0.05, 0.1) is 22.5 Å². The highest BCUT2D eigenvalue weighted by Gasteiger charge is 2.34. The van der Waals surface area contributed by atoms with Crippen molar-refractivity contribution in [2.24, 2.45) is 0 Å². The van der Waals surface area contributed by atoms with Crippen LogP contribution in [0.3, 0.4) is 0 Å². The fourth-order valence-electron chi connectivity index (χ4n) is 4.09. The minimum absolute atomic E-state index is 0.319. The molecule has 3 aromatic carbocycles. The first kappa shape index (κ1) is 24.9. The quantitative estimate of drug-likeness (QED) is 0.342. The zero-order valence-corrected chi connectivity index (χ0v) is 20.3. The standard InChI is InChI=1S/C24H21ClF3N3O3S/c1-3-30-21-7-5-4-6-17(21)18-12-15(8-11-22(18)30)29-23(32)14-31(35(2,33)34)16-9-10-20(25)19(13-16)24(26,27)28/h4-13H,3,14H2,1-2H3,(H,29,32). The number of halogens is 4. The fourth-order valence-corrected chi connectivity index (χ4v) is 5.16. The SMILES string of the molecule is CCn1c2ccccc2c2cc(NC(=O)CN(c3ccc(Cl)c(C(F)(F)F)c3)S(C)(=O)=O)ccc21. The Bertz CT molecular complexity index is 1550. The molecular weight excluding hydrogens is 503 g/mol. The molecule has 0 aliphatic heterocycles. The third kappa shape index (κ3) is 4.94. The largest absolute Gasteiger partial charge is 0.417 e. The second-order valence-electron chi connectivity index (χ2n) is 7.97. The molecule has 11 heteroatoms. The molecule has 1 aromatic heterocycles. The van der Waals surface area contributed by atoms with Crippen molar-refractivity contribution >= 4 is 60.7 Å². The van der Waals surface area contributed by atoms with Crippen molar-refractivity contribution in [3.8, 4) is 0 Å². The summed E-state index contributed by atoms with van der Waals surface area (Å²) >= 11 is 5.65. The van der Waals surface area contributed by atoms with E-state index in [0.29, 0.717) is 16.1 Å². The van der Waals surface area contributed by atoms with Gasteiger partial charge in [0.25, 0.3) is 0 Å². The first-order chi connectivity index (χ1) is 16.4. The molecule has 0 spiro atoms. The number of sulfonamides is 1. The second-order valence-corrected chi connectivity index (χ2v) is 10.3. The number of rotatable bonds is 6. The van der Waals surface area contributed by atoms with Crippen molar-refractivity contribution in [3.63, 3.8) is 0 Å². The molecule has 0 atom stereocenters. The Balaban J connectivity index is 1.65. The molecule has 0 aliphatic rings. The van der Waals surface area contributed by atoms with Gasteiger partial charge in [-0.3, -0.25) is 9.10 Å². The number of carbonyl (C=O) groups is 1. The Kier molecular flexibility index (Phi) is 6.46. The second kappa shape index (κ2) is 9.09. The third-order valence-electron chi connectivity index (χ3n) is 5.60. The summed E-state index contributed by atoms with van der Waals surface area (Å²) in [6.07, 6.45) is -3.97. The van der Waals surface area contributed by atoms with Crippen LogP contribution in [0.5, 0.6) is 0 Å². The highest BCUT2D eigenvalue weighted by Crippen LogP contribution is 2.37. The predicted octanol–water partition coefficient (Wildman–Crippen LogP) is 5.89. The molecule has 0 fully saturated rings. The number of alkyl halides is 3. The van der Waals surface area contributed by atoms with Crippen LogP contribution in [0.4, 0.5) is 24.5 Å². The van der Waals surface area contributed by atoms with Crippen LogP contribution in [0.25, 0.3) is 21.8 Å². The first-order valence-corrected chi connectivity index (χ1v) is 12.8. The lowest BCUT2D eigenvalue weighted by Crippen LogP contribution is -2.37. The van der Waals surface area contributed by atoms with Gasteiger partial charge in [0, 0.05) is 34.0 Å². The summed E-state index contributed by atoms with van der Waals surface area (Å²) in [6, 6.07) is 15.9. The summed E-state index contributed by atoms with van der Waals surface area (Å²) < 4.78 is 67.3. The van der Waals surface area contributed by atoms with Gasteiger partial charge in [0.2, 0.25) is 15.9 Å². The van der Waals surface area contributed by atoms with Gasteiger partial charge >= 0.3 is 6.18 Å². The van der Waals surface area contributed by atoms with Crippen molar-refractivity contribution in [3.05, 3.63) is 71.2 Å². The number of benzene rings is 3. The molecule has 4 rings (SSSR count). The number of carbonyl (C=O) groups excluding carboxylic acids is 1. The van der Waals surface area contributed by atoms with Gasteiger partial charge in [0.1, 0.15) is 6.54 Å². The molecule has 1 heterocycles. The minimum Gasteiger partial charge on any atom is -0.341 e. The molecule has 0 unspecified atom stereocenters. The van der Waals surface area contributed by atoms with E-state index in [1.807, 2.05) is 37.3 Å². The fraction of sp³-hybridized carbons (Fsp3) is 0.208. The van der Waals surface area contributed by atoms with Crippen molar-refractivity contribution in [2.45, 2.75) is 19.6 Å². The Hall–Kier alpha value is -3.24. The number of hydrogen-bond acceptors (Lipinski definition) is 3. The van der Waals surface area contributed by atoms with Gasteiger partial charge in [-0.05, 0) is 49.4 Å². The Morgan fingerprint density at radius 1 is 1.03 bits per heavy atom. The minimum atomic E-state index is -4.79. The maximum absolute atomic E-state index is 13.3. The molecule has 184 valence electrons. The molecule has 4 aromatic rings. The van der Waals surface area contributed by atoms with Crippen LogP contribution in [0.15, 0.2) is 60.7 Å². The summed E-state index contributed by atoms with van der Waals surface area (Å²) in [5, 5.41) is 3.99. The summed E-state index contributed by atoms with van der Waals surface area (Å²) in [5.41, 5.74) is 0.941. The van der Waals surface area contributed by atoms with E-state index < -0.39 is 39.2 Å². The van der Waals surface area contributed by atoms with Gasteiger partial charge < -0.3 is 9.88 Å². The molecule has 6 nitrogen and oxygen atoms in total. The number of hydrogen-bond donors (Lipinski definition) is 1. The van der Waals surface area contributed by atoms with Gasteiger partial charge in [0.15, 0.2) is 0 Å². The van der Waals surface area contributed by atoms with E-state index >= 15 is 0 Å². The number of amides is 1. The lowest BCUT2D eigenvalue weighted by molar-refractivity contribution is -0.137. The van der Waals surface area contributed by atoms with Gasteiger partial charge in [-0.25, -0.2) is 8.42 Å². The van der Waals surface area contributed by atoms with Crippen LogP contribution >= 0.6 is 11.6 Å². The highest BCUT2D eigenvalue weighted by molar-refractivity contribution is 7.92. The maximum Gasteiger partial charge on any atom is 0.417 e. The van der Waals surface area contributed by atoms with Crippen LogP contribution in [-0.2, 0) is 27.5 Å². The van der Waals surface area contributed by atoms with Gasteiger partial charge in [-0.2, -0.15) is 13.2 Å². The van der Waals surface area contributed by atoms with Crippen LogP contribution in [-0.4, -0.2) is 31.7 Å². The monoisotopic (exact) mass is 523 g/mol. The summed E-state index contributed by atoms with van der Waals surface area (Å²) in [7, 11) is -4.09. The Labute approximate surface area is 204 Å². The zero-order valence-electron chi connectivity index (χ0n) is 18.7. The normalized spacial score (nSPS) is 12.3. The number of para-hydroxylation sites is 1. The predicted molar refractivity (Wildman–Crippen MR) is 132 cm³/mol. The van der Waals surface area contributed by atoms with Gasteiger partial charge in [-0.1, -0.05) is 29.8 Å². The molecule has 35 heavy (non-hydrogen) atoms. The van der Waals surface area contributed by atoms with Crippen LogP contribution in [0.1, 0.15) is 12.5 Å². The van der Waals surface area contributed by atoms with Crippen molar-refractivity contribution in [1.29, 1.82) is 0 Å². The number of fused-ring (bicyclic) bond motifs is 3. The lowest BCUT2D eigenvalue weighted by Gasteiger charge is -2.23. The summed E-state index contributed by atoms with van der Waals surface area (Å²) in [5.74, 6) is -0.711. The van der Waals surface area contributed by atoms with Crippen LogP contribution < -0.4 is 9.62 Å². The molecule has 0 radical (unpaired) electrons. The van der Waals surface area contributed by atoms with E-state index in [2.05, 4.69) is 9.88 Å². The van der Waals surface area contributed by atoms with E-state index in [9.17, 15) is 26.4 Å². The van der Waals surface area contributed by atoms with E-state index in [-0.39, 0.29) is 5.69 Å². The molecule has 0 aliphatic carbocycles. The molecular formula is C24H21ClF3N3O3S. The average Bonchev–Trinajstić information content (AvgIpc) is 3.09. The maximum atomic E-state index is 13.3. The molecule has 0 saturated heterocycles. The highest BCUT2D eigenvalue weighted by atomic mass is 35.5. The Morgan fingerprint density at radius 3 is 2.37 bits per heavy atom. The van der Waals surface area contributed by atoms with E-state index in [0.717, 1.165) is 46.7 Å². The van der Waals surface area contributed by atoms with Crippen molar-refractivity contribution in [2.75, 3.05) is 22.4 Å². The third-order valence-corrected chi connectivity index (χ3v) is 7.07. The van der Waals surface area contributed by atoms with E-state index in [1.165, 1.54) is 0 Å². The molecule has 1 amide bonds. The average molecular weight is 524 g/mol. The van der Waals surface area contributed by atoms with E-state index in [4.69, 9.17) is 11.6 Å². The summed E-state index contributed by atoms with van der Waals surface area (Å²) in [6.45, 7) is 2.06. The lowest BCUT2D eigenvalue weighted by atomic mass is 10.1. The molecule has 1 N–H and O–H groups in total. The molecule has 0 saturated carbocycles. The zero-order chi connectivity index (χ0) is 25.5. The van der Waals surface area contributed by atoms with Crippen molar-refractivity contribution in [1.82, 2.24) is 4.57 Å². The number of aromatic nitrogens is 1. The molecule has 0 bridgehead atoms. The number of nitrogens with one attached hydrogen (secondary N) is 1. The number of aryl methyl sites for hydroxylation is 1. The topological polar surface area (TPSA) is 71.4 Å².